The van der Waals surface area contributed by atoms with Gasteiger partial charge in [0.2, 0.25) is 11.8 Å². The van der Waals surface area contributed by atoms with Gasteiger partial charge in [0.1, 0.15) is 17.7 Å². The molecule has 1 N–H and O–H groups in total. The third-order valence-electron chi connectivity index (χ3n) is 3.33. The average molecular weight is 332 g/mol. The molecule has 1 aromatic carbocycles. The number of hydrogen-bond acceptors (Lipinski definition) is 4. The van der Waals surface area contributed by atoms with Crippen molar-refractivity contribution in [1.82, 2.24) is 10.3 Å². The Hall–Kier alpha value is -2.47. The first-order valence-electron chi connectivity index (χ1n) is 7.90. The smallest absolute Gasteiger partial charge is 0.249 e. The Bertz CT molecular complexity index is 662. The molecule has 1 atom stereocenters. The van der Waals surface area contributed by atoms with Crippen LogP contribution in [0, 0.1) is 5.82 Å². The normalized spacial score (nSPS) is 11.8. The van der Waals surface area contributed by atoms with Crippen LogP contribution in [-0.4, -0.2) is 23.6 Å². The van der Waals surface area contributed by atoms with E-state index in [-0.39, 0.29) is 11.7 Å². The first-order chi connectivity index (χ1) is 11.6. The van der Waals surface area contributed by atoms with Crippen LogP contribution in [0.1, 0.15) is 25.8 Å². The van der Waals surface area contributed by atoms with Crippen molar-refractivity contribution in [3.8, 4) is 11.6 Å². The second-order valence-electron chi connectivity index (χ2n) is 5.13. The number of amides is 1. The van der Waals surface area contributed by atoms with Crippen molar-refractivity contribution in [2.24, 2.45) is 0 Å². The maximum absolute atomic E-state index is 12.9. The van der Waals surface area contributed by atoms with E-state index in [0.29, 0.717) is 31.2 Å². The van der Waals surface area contributed by atoms with Crippen molar-refractivity contribution in [2.75, 3.05) is 6.61 Å². The van der Waals surface area contributed by atoms with Gasteiger partial charge in [0.15, 0.2) is 0 Å². The van der Waals surface area contributed by atoms with Crippen molar-refractivity contribution >= 4 is 5.91 Å². The van der Waals surface area contributed by atoms with Crippen molar-refractivity contribution in [3.05, 3.63) is 54.0 Å². The number of hydrogen-bond donors (Lipinski definition) is 1. The molecule has 0 spiro atoms. The minimum Gasteiger partial charge on any atom is -0.439 e. The lowest BCUT2D eigenvalue weighted by atomic mass is 10.2. The SMILES string of the molecule is CCO[C@H](CC)C(=O)NCc1ccnc(Oc2ccc(F)cc2)c1. The molecule has 0 aliphatic rings. The van der Waals surface area contributed by atoms with E-state index < -0.39 is 6.10 Å². The summed E-state index contributed by atoms with van der Waals surface area (Å²) in [5, 5.41) is 2.84. The summed E-state index contributed by atoms with van der Waals surface area (Å²) in [7, 11) is 0. The Morgan fingerprint density at radius 2 is 2.00 bits per heavy atom. The van der Waals surface area contributed by atoms with E-state index in [1.54, 1.807) is 18.3 Å². The predicted octanol–water partition coefficient (Wildman–Crippen LogP) is 3.44. The van der Waals surface area contributed by atoms with Gasteiger partial charge in [0.05, 0.1) is 0 Å². The number of pyridine rings is 1. The molecule has 6 heteroatoms. The summed E-state index contributed by atoms with van der Waals surface area (Å²) >= 11 is 0. The lowest BCUT2D eigenvalue weighted by molar-refractivity contribution is -0.132. The Balaban J connectivity index is 1.95. The van der Waals surface area contributed by atoms with E-state index >= 15 is 0 Å². The molecule has 0 unspecified atom stereocenters. The molecule has 5 nitrogen and oxygen atoms in total. The minimum absolute atomic E-state index is 0.142. The number of carbonyl (C=O) groups excluding carboxylic acids is 1. The number of nitrogens with one attached hydrogen (secondary N) is 1. The highest BCUT2D eigenvalue weighted by Crippen LogP contribution is 2.20. The van der Waals surface area contributed by atoms with Gasteiger partial charge < -0.3 is 14.8 Å². The first-order valence-corrected chi connectivity index (χ1v) is 7.90. The van der Waals surface area contributed by atoms with Gasteiger partial charge >= 0.3 is 0 Å². The van der Waals surface area contributed by atoms with Crippen LogP contribution in [0.25, 0.3) is 0 Å². The van der Waals surface area contributed by atoms with Gasteiger partial charge in [-0.3, -0.25) is 4.79 Å². The molecule has 2 rings (SSSR count). The fourth-order valence-electron chi connectivity index (χ4n) is 2.12. The monoisotopic (exact) mass is 332 g/mol. The molecular weight excluding hydrogens is 311 g/mol. The van der Waals surface area contributed by atoms with Gasteiger partial charge in [0.25, 0.3) is 0 Å². The summed E-state index contributed by atoms with van der Waals surface area (Å²) in [5.41, 5.74) is 0.849. The van der Waals surface area contributed by atoms with Crippen LogP contribution in [0.3, 0.4) is 0 Å². The Labute approximate surface area is 140 Å². The lowest BCUT2D eigenvalue weighted by Gasteiger charge is -2.15. The predicted molar refractivity (Wildman–Crippen MR) is 88.3 cm³/mol. The first kappa shape index (κ1) is 17.9. The zero-order valence-corrected chi connectivity index (χ0v) is 13.8. The van der Waals surface area contributed by atoms with E-state index in [1.165, 1.54) is 24.3 Å². The third kappa shape index (κ3) is 5.31. The van der Waals surface area contributed by atoms with E-state index in [1.807, 2.05) is 13.8 Å². The van der Waals surface area contributed by atoms with Crippen LogP contribution in [0.15, 0.2) is 42.6 Å². The topological polar surface area (TPSA) is 60.5 Å². The molecule has 0 saturated heterocycles. The number of nitrogens with zero attached hydrogens (tertiary/aromatic N) is 1. The van der Waals surface area contributed by atoms with Gasteiger partial charge in [-0.15, -0.1) is 0 Å². The molecule has 1 aromatic heterocycles. The molecule has 1 heterocycles. The lowest BCUT2D eigenvalue weighted by Crippen LogP contribution is -2.35. The van der Waals surface area contributed by atoms with Gasteiger partial charge in [-0.25, -0.2) is 9.37 Å². The third-order valence-corrected chi connectivity index (χ3v) is 3.33. The van der Waals surface area contributed by atoms with E-state index in [0.717, 1.165) is 5.56 Å². The molecule has 0 aliphatic carbocycles. The number of benzene rings is 1. The van der Waals surface area contributed by atoms with Crippen molar-refractivity contribution in [2.45, 2.75) is 32.9 Å². The number of ether oxygens (including phenoxy) is 2. The standard InChI is InChI=1S/C18H21FN2O3/c1-3-16(23-4-2)18(22)21-12-13-9-10-20-17(11-13)24-15-7-5-14(19)6-8-15/h5-11,16H,3-4,12H2,1-2H3,(H,21,22)/t16-/m1/s1. The van der Waals surface area contributed by atoms with Crippen LogP contribution in [-0.2, 0) is 16.1 Å². The van der Waals surface area contributed by atoms with E-state index in [4.69, 9.17) is 9.47 Å². The number of rotatable bonds is 8. The zero-order chi connectivity index (χ0) is 17.4. The summed E-state index contributed by atoms with van der Waals surface area (Å²) in [6, 6.07) is 9.21. The quantitative estimate of drug-likeness (QED) is 0.804. The van der Waals surface area contributed by atoms with Crippen LogP contribution in [0.5, 0.6) is 11.6 Å². The Morgan fingerprint density at radius 1 is 1.25 bits per heavy atom. The summed E-state index contributed by atoms with van der Waals surface area (Å²) < 4.78 is 23.8. The maximum Gasteiger partial charge on any atom is 0.249 e. The fourth-order valence-corrected chi connectivity index (χ4v) is 2.12. The largest absolute Gasteiger partial charge is 0.439 e. The molecule has 0 saturated carbocycles. The second-order valence-corrected chi connectivity index (χ2v) is 5.13. The zero-order valence-electron chi connectivity index (χ0n) is 13.8. The van der Waals surface area contributed by atoms with Crippen molar-refractivity contribution in [1.29, 1.82) is 0 Å². The highest BCUT2D eigenvalue weighted by atomic mass is 19.1. The fraction of sp³-hybridized carbons (Fsp3) is 0.333. The molecule has 0 radical (unpaired) electrons. The van der Waals surface area contributed by atoms with Gasteiger partial charge in [0, 0.05) is 25.4 Å². The molecule has 0 aliphatic heterocycles. The summed E-state index contributed by atoms with van der Waals surface area (Å²) in [6.07, 6.45) is 1.78. The van der Waals surface area contributed by atoms with Gasteiger partial charge in [-0.1, -0.05) is 6.92 Å². The van der Waals surface area contributed by atoms with E-state index in [9.17, 15) is 9.18 Å². The summed E-state index contributed by atoms with van der Waals surface area (Å²) in [4.78, 5) is 16.1. The van der Waals surface area contributed by atoms with Gasteiger partial charge in [-0.05, 0) is 49.2 Å². The number of halogens is 1. The van der Waals surface area contributed by atoms with Crippen molar-refractivity contribution in [3.63, 3.8) is 0 Å². The van der Waals surface area contributed by atoms with Crippen LogP contribution >= 0.6 is 0 Å². The van der Waals surface area contributed by atoms with E-state index in [2.05, 4.69) is 10.3 Å². The Morgan fingerprint density at radius 3 is 2.67 bits per heavy atom. The molecular formula is C18H21FN2O3. The minimum atomic E-state index is -0.438. The average Bonchev–Trinajstić information content (AvgIpc) is 2.60. The van der Waals surface area contributed by atoms with Gasteiger partial charge in [-0.2, -0.15) is 0 Å². The Kier molecular flexibility index (Phi) is 6.69. The highest BCUT2D eigenvalue weighted by molar-refractivity contribution is 5.80. The highest BCUT2D eigenvalue weighted by Gasteiger charge is 2.15. The molecule has 0 bridgehead atoms. The molecule has 0 fully saturated rings. The summed E-state index contributed by atoms with van der Waals surface area (Å²) in [5.74, 6) is 0.404. The number of aromatic nitrogens is 1. The van der Waals surface area contributed by atoms with Crippen LogP contribution < -0.4 is 10.1 Å². The molecule has 24 heavy (non-hydrogen) atoms. The summed E-state index contributed by atoms with van der Waals surface area (Å²) in [6.45, 7) is 4.61. The second kappa shape index (κ2) is 8.98. The number of carbonyl (C=O) groups is 1. The molecule has 2 aromatic rings. The molecule has 1 amide bonds. The maximum atomic E-state index is 12.9. The van der Waals surface area contributed by atoms with Crippen molar-refractivity contribution < 1.29 is 18.7 Å². The van der Waals surface area contributed by atoms with Crippen LogP contribution in [0.2, 0.25) is 0 Å². The molecule has 128 valence electrons. The van der Waals surface area contributed by atoms with Crippen LogP contribution in [0.4, 0.5) is 4.39 Å².